The van der Waals surface area contributed by atoms with E-state index in [0.29, 0.717) is 29.6 Å². The van der Waals surface area contributed by atoms with Crippen molar-refractivity contribution in [2.75, 3.05) is 0 Å². The molecule has 1 unspecified atom stereocenters. The molecule has 2 rings (SSSR count). The van der Waals surface area contributed by atoms with Crippen LogP contribution in [0.25, 0.3) is 0 Å². The van der Waals surface area contributed by atoms with Crippen LogP contribution < -0.4 is 4.74 Å². The molecular formula is C21H35NO. The molecule has 2 heterocycles. The van der Waals surface area contributed by atoms with E-state index in [9.17, 15) is 0 Å². The summed E-state index contributed by atoms with van der Waals surface area (Å²) in [6.45, 7) is 20.4. The van der Waals surface area contributed by atoms with E-state index < -0.39 is 0 Å². The van der Waals surface area contributed by atoms with Gasteiger partial charge in [-0.15, -0.1) is 0 Å². The van der Waals surface area contributed by atoms with E-state index >= 15 is 0 Å². The van der Waals surface area contributed by atoms with Crippen LogP contribution in [0, 0.1) is 31.6 Å². The van der Waals surface area contributed by atoms with Gasteiger partial charge in [-0.05, 0) is 56.8 Å². The predicted octanol–water partition coefficient (Wildman–Crippen LogP) is 6.00. The van der Waals surface area contributed by atoms with Crippen LogP contribution in [0.5, 0.6) is 5.75 Å². The quantitative estimate of drug-likeness (QED) is 0.667. The molecule has 0 saturated carbocycles. The van der Waals surface area contributed by atoms with Crippen LogP contribution in [-0.2, 0) is 0 Å². The highest BCUT2D eigenvalue weighted by atomic mass is 16.5. The Morgan fingerprint density at radius 2 is 1.65 bits per heavy atom. The maximum absolute atomic E-state index is 6.56. The zero-order valence-corrected chi connectivity index (χ0v) is 16.5. The van der Waals surface area contributed by atoms with Crippen LogP contribution in [0.15, 0.2) is 0 Å². The van der Waals surface area contributed by atoms with Crippen molar-refractivity contribution in [1.29, 1.82) is 0 Å². The fourth-order valence-electron chi connectivity index (χ4n) is 3.85. The Morgan fingerprint density at radius 3 is 2.17 bits per heavy atom. The number of nitrogens with zero attached hydrogens (tertiary/aromatic N) is 1. The molecule has 1 aliphatic heterocycles. The summed E-state index contributed by atoms with van der Waals surface area (Å²) < 4.78 is 6.56. The van der Waals surface area contributed by atoms with Gasteiger partial charge >= 0.3 is 0 Å². The fraction of sp³-hybridized carbons (Fsp3) is 0.762. The number of ether oxygens (including phenoxy) is 1. The molecule has 1 aromatic rings. The van der Waals surface area contributed by atoms with Crippen molar-refractivity contribution in [2.24, 2.45) is 17.8 Å². The normalized spacial score (nSPS) is 28.3. The average molecular weight is 318 g/mol. The van der Waals surface area contributed by atoms with Gasteiger partial charge in [-0.1, -0.05) is 41.5 Å². The van der Waals surface area contributed by atoms with E-state index in [2.05, 4.69) is 62.3 Å². The molecule has 2 nitrogen and oxygen atoms in total. The van der Waals surface area contributed by atoms with E-state index in [-0.39, 0.29) is 6.10 Å². The Labute approximate surface area is 143 Å². The minimum absolute atomic E-state index is 0.248. The van der Waals surface area contributed by atoms with Crippen LogP contribution >= 0.6 is 0 Å². The van der Waals surface area contributed by atoms with E-state index in [1.54, 1.807) is 0 Å². The Morgan fingerprint density at radius 1 is 1.04 bits per heavy atom. The van der Waals surface area contributed by atoms with Gasteiger partial charge in [0.1, 0.15) is 5.75 Å². The molecule has 0 saturated heterocycles. The van der Waals surface area contributed by atoms with Gasteiger partial charge in [0.15, 0.2) is 0 Å². The molecule has 23 heavy (non-hydrogen) atoms. The standard InChI is InChI=1S/C21H35NO/c1-11(2)18-10-13(5)14(6)17(9)23-21-15(7)16(8)22-20(12(3)4)19(18)21/h11-14,17-18H,10H2,1-9H3/t13-,14-,17-,18?/m1/s1. The van der Waals surface area contributed by atoms with Crippen molar-refractivity contribution < 1.29 is 4.74 Å². The number of hydrogen-bond acceptors (Lipinski definition) is 2. The number of aromatic nitrogens is 1. The molecule has 0 radical (unpaired) electrons. The summed E-state index contributed by atoms with van der Waals surface area (Å²) in [6, 6.07) is 0. The largest absolute Gasteiger partial charge is 0.490 e. The lowest BCUT2D eigenvalue weighted by molar-refractivity contribution is 0.103. The van der Waals surface area contributed by atoms with Crippen molar-refractivity contribution in [3.8, 4) is 5.75 Å². The summed E-state index contributed by atoms with van der Waals surface area (Å²) in [4.78, 5) is 4.98. The summed E-state index contributed by atoms with van der Waals surface area (Å²) in [5.41, 5.74) is 4.98. The SMILES string of the molecule is Cc1nc(C(C)C)c2c(c1C)O[C@H](C)[C@H](C)[C@H](C)CC2C(C)C. The average Bonchev–Trinajstić information content (AvgIpc) is 2.47. The van der Waals surface area contributed by atoms with Crippen LogP contribution in [0.4, 0.5) is 0 Å². The van der Waals surface area contributed by atoms with Gasteiger partial charge in [-0.2, -0.15) is 0 Å². The minimum Gasteiger partial charge on any atom is -0.490 e. The van der Waals surface area contributed by atoms with Crippen molar-refractivity contribution in [1.82, 2.24) is 4.98 Å². The first-order chi connectivity index (χ1) is 10.6. The molecule has 4 atom stereocenters. The molecule has 1 aromatic heterocycles. The van der Waals surface area contributed by atoms with Crippen molar-refractivity contribution >= 4 is 0 Å². The van der Waals surface area contributed by atoms with Gasteiger partial charge < -0.3 is 4.74 Å². The molecule has 2 heteroatoms. The van der Waals surface area contributed by atoms with Crippen LogP contribution in [0.3, 0.4) is 0 Å². The molecule has 0 aromatic carbocycles. The number of hydrogen-bond donors (Lipinski definition) is 0. The molecule has 0 N–H and O–H groups in total. The van der Waals surface area contributed by atoms with Gasteiger partial charge in [0.25, 0.3) is 0 Å². The second-order valence-corrected chi connectivity index (χ2v) is 8.35. The zero-order valence-electron chi connectivity index (χ0n) is 16.5. The lowest BCUT2D eigenvalue weighted by Gasteiger charge is -2.38. The highest BCUT2D eigenvalue weighted by Crippen LogP contribution is 2.46. The smallest absolute Gasteiger partial charge is 0.129 e. The summed E-state index contributed by atoms with van der Waals surface area (Å²) >= 11 is 0. The molecule has 0 fully saturated rings. The molecule has 1 aliphatic rings. The number of fused-ring (bicyclic) bond motifs is 1. The third kappa shape index (κ3) is 3.41. The Balaban J connectivity index is 2.74. The van der Waals surface area contributed by atoms with Crippen molar-refractivity contribution in [2.45, 2.75) is 86.7 Å². The molecule has 0 bridgehead atoms. The monoisotopic (exact) mass is 317 g/mol. The molecule has 0 aliphatic carbocycles. The molecule has 0 spiro atoms. The van der Waals surface area contributed by atoms with E-state index in [4.69, 9.17) is 9.72 Å². The van der Waals surface area contributed by atoms with Gasteiger partial charge in [-0.25, -0.2) is 0 Å². The van der Waals surface area contributed by atoms with Gasteiger partial charge in [-0.3, -0.25) is 4.98 Å². The van der Waals surface area contributed by atoms with Gasteiger partial charge in [0.05, 0.1) is 11.8 Å². The first kappa shape index (κ1) is 18.3. The lowest BCUT2D eigenvalue weighted by atomic mass is 9.74. The first-order valence-corrected chi connectivity index (χ1v) is 9.32. The van der Waals surface area contributed by atoms with Crippen LogP contribution in [0.2, 0.25) is 0 Å². The summed E-state index contributed by atoms with van der Waals surface area (Å²) in [7, 11) is 0. The summed E-state index contributed by atoms with van der Waals surface area (Å²) in [5, 5.41) is 0. The highest BCUT2D eigenvalue weighted by Gasteiger charge is 2.34. The summed E-state index contributed by atoms with van der Waals surface area (Å²) in [6.07, 6.45) is 1.47. The lowest BCUT2D eigenvalue weighted by Crippen LogP contribution is -2.32. The maximum Gasteiger partial charge on any atom is 0.129 e. The Bertz CT molecular complexity index is 561. The number of rotatable bonds is 2. The van der Waals surface area contributed by atoms with E-state index in [0.717, 1.165) is 11.4 Å². The van der Waals surface area contributed by atoms with Crippen LogP contribution in [-0.4, -0.2) is 11.1 Å². The summed E-state index contributed by atoms with van der Waals surface area (Å²) in [5.74, 6) is 3.91. The van der Waals surface area contributed by atoms with Gasteiger partial charge in [0, 0.05) is 16.8 Å². The Hall–Kier alpha value is -1.05. The third-order valence-electron chi connectivity index (χ3n) is 5.98. The number of aryl methyl sites for hydroxylation is 1. The van der Waals surface area contributed by atoms with E-state index in [1.807, 2.05) is 0 Å². The minimum atomic E-state index is 0.248. The fourth-order valence-corrected chi connectivity index (χ4v) is 3.85. The first-order valence-electron chi connectivity index (χ1n) is 9.32. The highest BCUT2D eigenvalue weighted by molar-refractivity contribution is 5.49. The molecule has 130 valence electrons. The third-order valence-corrected chi connectivity index (χ3v) is 5.98. The van der Waals surface area contributed by atoms with Gasteiger partial charge in [0.2, 0.25) is 0 Å². The zero-order chi connectivity index (χ0) is 17.5. The maximum atomic E-state index is 6.56. The van der Waals surface area contributed by atoms with Crippen molar-refractivity contribution in [3.05, 3.63) is 22.5 Å². The molecular weight excluding hydrogens is 282 g/mol. The second-order valence-electron chi connectivity index (χ2n) is 8.35. The Kier molecular flexibility index (Phi) is 5.43. The predicted molar refractivity (Wildman–Crippen MR) is 98.4 cm³/mol. The van der Waals surface area contributed by atoms with Crippen LogP contribution in [0.1, 0.15) is 89.2 Å². The van der Waals surface area contributed by atoms with Crippen molar-refractivity contribution in [3.63, 3.8) is 0 Å². The van der Waals surface area contributed by atoms with E-state index in [1.165, 1.54) is 23.2 Å². The molecule has 0 amide bonds. The second kappa shape index (κ2) is 6.83. The number of pyridine rings is 1. The topological polar surface area (TPSA) is 22.1 Å².